The number of aromatic nitrogens is 2. The summed E-state index contributed by atoms with van der Waals surface area (Å²) >= 11 is 0. The van der Waals surface area contributed by atoms with Gasteiger partial charge in [-0.2, -0.15) is 0 Å². The first-order valence-electron chi connectivity index (χ1n) is 8.89. The van der Waals surface area contributed by atoms with Crippen LogP contribution in [0.15, 0.2) is 18.6 Å². The van der Waals surface area contributed by atoms with E-state index in [0.29, 0.717) is 12.1 Å². The van der Waals surface area contributed by atoms with Crippen LogP contribution in [0.5, 0.6) is 0 Å². The van der Waals surface area contributed by atoms with Gasteiger partial charge in [-0.15, -0.1) is 0 Å². The molecule has 124 valence electrons. The van der Waals surface area contributed by atoms with E-state index in [2.05, 4.69) is 25.1 Å². The summed E-state index contributed by atoms with van der Waals surface area (Å²) < 4.78 is 0. The second-order valence-corrected chi connectivity index (χ2v) is 6.92. The lowest BCUT2D eigenvalue weighted by Gasteiger charge is -2.42. The summed E-state index contributed by atoms with van der Waals surface area (Å²) in [4.78, 5) is 25.5. The van der Waals surface area contributed by atoms with Crippen molar-refractivity contribution in [3.05, 3.63) is 18.6 Å². The second-order valence-electron chi connectivity index (χ2n) is 6.92. The molecule has 1 atom stereocenters. The molecule has 3 aliphatic rings. The Balaban J connectivity index is 1.41. The number of nitrogens with one attached hydrogen (secondary N) is 1. The van der Waals surface area contributed by atoms with E-state index in [1.54, 1.807) is 6.33 Å². The number of piperidine rings is 2. The standard InChI is InChI=1S/C17H25N5O/c23-17-15(2-1-8-19-17)21-10-6-14(7-11-21)22(13-3-4-13)16-5-9-18-12-20-16/h5,9,12-15H,1-4,6-8,10-11H2,(H,19,23). The molecular weight excluding hydrogens is 290 g/mol. The summed E-state index contributed by atoms with van der Waals surface area (Å²) in [6.07, 6.45) is 10.4. The molecule has 1 N–H and O–H groups in total. The molecule has 1 amide bonds. The van der Waals surface area contributed by atoms with E-state index in [9.17, 15) is 4.79 Å². The highest BCUT2D eigenvalue weighted by molar-refractivity contribution is 5.82. The van der Waals surface area contributed by atoms with Gasteiger partial charge in [0.2, 0.25) is 5.91 Å². The zero-order valence-corrected chi connectivity index (χ0v) is 13.5. The molecule has 1 unspecified atom stereocenters. The number of carbonyl (C=O) groups is 1. The average molecular weight is 315 g/mol. The van der Waals surface area contributed by atoms with Crippen molar-refractivity contribution in [1.29, 1.82) is 0 Å². The molecule has 4 rings (SSSR count). The molecule has 0 aromatic carbocycles. The van der Waals surface area contributed by atoms with Crippen LogP contribution in [-0.4, -0.2) is 58.5 Å². The largest absolute Gasteiger partial charge is 0.355 e. The van der Waals surface area contributed by atoms with Gasteiger partial charge < -0.3 is 10.2 Å². The van der Waals surface area contributed by atoms with Crippen LogP contribution < -0.4 is 10.2 Å². The lowest BCUT2D eigenvalue weighted by molar-refractivity contribution is -0.128. The van der Waals surface area contributed by atoms with Gasteiger partial charge in [0.05, 0.1) is 6.04 Å². The van der Waals surface area contributed by atoms with E-state index < -0.39 is 0 Å². The summed E-state index contributed by atoms with van der Waals surface area (Å²) in [6.45, 7) is 2.86. The summed E-state index contributed by atoms with van der Waals surface area (Å²) in [6, 6.07) is 3.32. The highest BCUT2D eigenvalue weighted by Crippen LogP contribution is 2.35. The normalized spacial score (nSPS) is 26.8. The first kappa shape index (κ1) is 14.9. The maximum Gasteiger partial charge on any atom is 0.237 e. The molecule has 1 aromatic rings. The maximum absolute atomic E-state index is 12.1. The minimum Gasteiger partial charge on any atom is -0.355 e. The van der Waals surface area contributed by atoms with Gasteiger partial charge in [0.1, 0.15) is 12.1 Å². The quantitative estimate of drug-likeness (QED) is 0.904. The van der Waals surface area contributed by atoms with E-state index in [-0.39, 0.29) is 11.9 Å². The Morgan fingerprint density at radius 2 is 1.91 bits per heavy atom. The summed E-state index contributed by atoms with van der Waals surface area (Å²) in [5, 5.41) is 3.01. The average Bonchev–Trinajstić information content (AvgIpc) is 3.42. The van der Waals surface area contributed by atoms with Crippen molar-refractivity contribution in [2.24, 2.45) is 0 Å². The third kappa shape index (κ3) is 3.17. The fourth-order valence-electron chi connectivity index (χ4n) is 4.04. The molecule has 2 saturated heterocycles. The third-order valence-electron chi connectivity index (χ3n) is 5.36. The number of anilines is 1. The molecule has 1 saturated carbocycles. The predicted octanol–water partition coefficient (Wildman–Crippen LogP) is 1.19. The van der Waals surface area contributed by atoms with E-state index in [1.807, 2.05) is 12.3 Å². The lowest BCUT2D eigenvalue weighted by Crippen LogP contribution is -2.55. The predicted molar refractivity (Wildman–Crippen MR) is 88.2 cm³/mol. The minimum absolute atomic E-state index is 0.0955. The molecule has 0 spiro atoms. The molecule has 3 heterocycles. The topological polar surface area (TPSA) is 61.4 Å². The highest BCUT2D eigenvalue weighted by Gasteiger charge is 2.38. The Hall–Kier alpha value is -1.69. The van der Waals surface area contributed by atoms with Gasteiger partial charge in [-0.25, -0.2) is 9.97 Å². The van der Waals surface area contributed by atoms with Crippen molar-refractivity contribution in [3.8, 4) is 0 Å². The molecule has 1 aliphatic carbocycles. The Labute approximate surface area is 137 Å². The zero-order valence-electron chi connectivity index (χ0n) is 13.5. The van der Waals surface area contributed by atoms with Crippen LogP contribution in [0.1, 0.15) is 38.5 Å². The first-order valence-corrected chi connectivity index (χ1v) is 8.89. The number of nitrogens with zero attached hydrogens (tertiary/aromatic N) is 4. The maximum atomic E-state index is 12.1. The van der Waals surface area contributed by atoms with E-state index in [4.69, 9.17) is 0 Å². The van der Waals surface area contributed by atoms with Crippen LogP contribution in [0.2, 0.25) is 0 Å². The molecule has 23 heavy (non-hydrogen) atoms. The van der Waals surface area contributed by atoms with Crippen LogP contribution in [0.4, 0.5) is 5.82 Å². The third-order valence-corrected chi connectivity index (χ3v) is 5.36. The van der Waals surface area contributed by atoms with Crippen molar-refractivity contribution < 1.29 is 4.79 Å². The van der Waals surface area contributed by atoms with Crippen molar-refractivity contribution in [2.75, 3.05) is 24.5 Å². The molecule has 6 heteroatoms. The van der Waals surface area contributed by atoms with Gasteiger partial charge in [-0.05, 0) is 44.6 Å². The number of hydrogen-bond acceptors (Lipinski definition) is 5. The fraction of sp³-hybridized carbons (Fsp3) is 0.706. The van der Waals surface area contributed by atoms with Crippen LogP contribution in [0.25, 0.3) is 0 Å². The SMILES string of the molecule is O=C1NCCCC1N1CCC(N(c2ccncn2)C2CC2)CC1. The Morgan fingerprint density at radius 1 is 1.13 bits per heavy atom. The minimum atomic E-state index is 0.0955. The van der Waals surface area contributed by atoms with Gasteiger partial charge in [0.15, 0.2) is 0 Å². The summed E-state index contributed by atoms with van der Waals surface area (Å²) in [5.74, 6) is 1.29. The summed E-state index contributed by atoms with van der Waals surface area (Å²) in [5.41, 5.74) is 0. The van der Waals surface area contributed by atoms with Gasteiger partial charge in [-0.3, -0.25) is 9.69 Å². The molecule has 1 aromatic heterocycles. The van der Waals surface area contributed by atoms with Gasteiger partial charge in [0.25, 0.3) is 0 Å². The Kier molecular flexibility index (Phi) is 4.16. The molecule has 0 bridgehead atoms. The molecule has 6 nitrogen and oxygen atoms in total. The molecule has 2 aliphatic heterocycles. The second kappa shape index (κ2) is 6.43. The van der Waals surface area contributed by atoms with Crippen LogP contribution in [-0.2, 0) is 4.79 Å². The van der Waals surface area contributed by atoms with Crippen LogP contribution >= 0.6 is 0 Å². The van der Waals surface area contributed by atoms with Gasteiger partial charge in [-0.1, -0.05) is 0 Å². The number of amides is 1. The van der Waals surface area contributed by atoms with E-state index in [1.165, 1.54) is 12.8 Å². The Bertz CT molecular complexity index is 539. The van der Waals surface area contributed by atoms with E-state index in [0.717, 1.165) is 51.1 Å². The van der Waals surface area contributed by atoms with Crippen molar-refractivity contribution in [2.45, 2.75) is 56.7 Å². The fourth-order valence-corrected chi connectivity index (χ4v) is 4.04. The molecule has 3 fully saturated rings. The summed E-state index contributed by atoms with van der Waals surface area (Å²) in [7, 11) is 0. The van der Waals surface area contributed by atoms with Crippen molar-refractivity contribution in [1.82, 2.24) is 20.2 Å². The monoisotopic (exact) mass is 315 g/mol. The van der Waals surface area contributed by atoms with Crippen molar-refractivity contribution >= 4 is 11.7 Å². The Morgan fingerprint density at radius 3 is 2.57 bits per heavy atom. The van der Waals surface area contributed by atoms with Gasteiger partial charge in [0, 0.05) is 37.9 Å². The smallest absolute Gasteiger partial charge is 0.237 e. The van der Waals surface area contributed by atoms with Gasteiger partial charge >= 0.3 is 0 Å². The number of hydrogen-bond donors (Lipinski definition) is 1. The number of carbonyl (C=O) groups excluding carboxylic acids is 1. The molecule has 0 radical (unpaired) electrons. The zero-order chi connectivity index (χ0) is 15.6. The number of rotatable bonds is 4. The van der Waals surface area contributed by atoms with E-state index >= 15 is 0 Å². The lowest BCUT2D eigenvalue weighted by atomic mass is 9.97. The van der Waals surface area contributed by atoms with Crippen LogP contribution in [0, 0.1) is 0 Å². The number of likely N-dealkylation sites (tertiary alicyclic amines) is 1. The van der Waals surface area contributed by atoms with Crippen molar-refractivity contribution in [3.63, 3.8) is 0 Å². The first-order chi connectivity index (χ1) is 11.3. The molecular formula is C17H25N5O. The van der Waals surface area contributed by atoms with Crippen LogP contribution in [0.3, 0.4) is 0 Å². The highest BCUT2D eigenvalue weighted by atomic mass is 16.2.